The summed E-state index contributed by atoms with van der Waals surface area (Å²) in [6, 6.07) is 9.58. The number of anilines is 1. The number of nitrogens with zero attached hydrogens (tertiary/aromatic N) is 1. The second-order valence-electron chi connectivity index (χ2n) is 6.31. The van der Waals surface area contributed by atoms with Gasteiger partial charge in [0.15, 0.2) is 5.78 Å². The summed E-state index contributed by atoms with van der Waals surface area (Å²) >= 11 is 0. The molecule has 3 aromatic rings. The molecule has 0 bridgehead atoms. The van der Waals surface area contributed by atoms with E-state index in [-0.39, 0.29) is 22.7 Å². The molecule has 1 aromatic carbocycles. The number of halogens is 1. The van der Waals surface area contributed by atoms with Crippen molar-refractivity contribution in [2.45, 2.75) is 18.8 Å². The van der Waals surface area contributed by atoms with Crippen LogP contribution >= 0.6 is 0 Å². The lowest BCUT2D eigenvalue weighted by atomic mass is 9.96. The van der Waals surface area contributed by atoms with Crippen molar-refractivity contribution >= 4 is 17.4 Å². The zero-order valence-electron chi connectivity index (χ0n) is 13.8. The Labute approximate surface area is 149 Å². The van der Waals surface area contributed by atoms with E-state index in [0.717, 1.165) is 18.4 Å². The smallest absolute Gasteiger partial charge is 0.272 e. The third-order valence-electron chi connectivity index (χ3n) is 4.40. The van der Waals surface area contributed by atoms with Gasteiger partial charge < -0.3 is 10.3 Å². The zero-order valence-corrected chi connectivity index (χ0v) is 13.8. The molecule has 1 saturated carbocycles. The molecule has 5 nitrogen and oxygen atoms in total. The maximum Gasteiger partial charge on any atom is 0.272 e. The minimum absolute atomic E-state index is 0.105. The van der Waals surface area contributed by atoms with Crippen LogP contribution in [0.15, 0.2) is 55.0 Å². The largest absolute Gasteiger partial charge is 0.356 e. The summed E-state index contributed by atoms with van der Waals surface area (Å²) in [7, 11) is 0. The van der Waals surface area contributed by atoms with Crippen molar-refractivity contribution in [1.29, 1.82) is 0 Å². The lowest BCUT2D eigenvalue weighted by Gasteiger charge is -2.08. The number of benzene rings is 1. The normalized spacial score (nSPS) is 13.4. The first kappa shape index (κ1) is 16.2. The summed E-state index contributed by atoms with van der Waals surface area (Å²) in [5.41, 5.74) is 1.88. The SMILES string of the molecule is O=C(Nc1cccnc1)c1cc(C(=O)c2c(F)cccc2C2CC2)c[nH]1. The van der Waals surface area contributed by atoms with Crippen LogP contribution in [0, 0.1) is 5.82 Å². The van der Waals surface area contributed by atoms with E-state index in [1.807, 2.05) is 0 Å². The third kappa shape index (κ3) is 3.13. The Morgan fingerprint density at radius 1 is 1.19 bits per heavy atom. The summed E-state index contributed by atoms with van der Waals surface area (Å²) in [4.78, 5) is 31.8. The van der Waals surface area contributed by atoms with Gasteiger partial charge in [-0.05, 0) is 48.6 Å². The summed E-state index contributed by atoms with van der Waals surface area (Å²) in [5, 5.41) is 2.68. The van der Waals surface area contributed by atoms with Gasteiger partial charge in [0, 0.05) is 18.0 Å². The van der Waals surface area contributed by atoms with Crippen molar-refractivity contribution in [2.24, 2.45) is 0 Å². The average molecular weight is 349 g/mol. The number of amides is 1. The van der Waals surface area contributed by atoms with E-state index in [0.29, 0.717) is 5.69 Å². The van der Waals surface area contributed by atoms with E-state index in [1.165, 1.54) is 24.5 Å². The Morgan fingerprint density at radius 2 is 2.04 bits per heavy atom. The average Bonchev–Trinajstić information content (AvgIpc) is 3.37. The molecule has 2 aromatic heterocycles. The molecule has 26 heavy (non-hydrogen) atoms. The molecule has 2 N–H and O–H groups in total. The number of aromatic amines is 1. The topological polar surface area (TPSA) is 74.8 Å². The molecule has 1 amide bonds. The molecule has 130 valence electrons. The summed E-state index contributed by atoms with van der Waals surface area (Å²) in [6.07, 6.45) is 6.50. The Bertz CT molecular complexity index is 978. The molecule has 0 atom stereocenters. The number of hydrogen-bond acceptors (Lipinski definition) is 3. The minimum Gasteiger partial charge on any atom is -0.356 e. The first-order valence-electron chi connectivity index (χ1n) is 8.36. The van der Waals surface area contributed by atoms with Gasteiger partial charge in [-0.25, -0.2) is 4.39 Å². The highest BCUT2D eigenvalue weighted by molar-refractivity contribution is 6.12. The van der Waals surface area contributed by atoms with Gasteiger partial charge in [-0.2, -0.15) is 0 Å². The van der Waals surface area contributed by atoms with Gasteiger partial charge >= 0.3 is 0 Å². The molecule has 6 heteroatoms. The van der Waals surface area contributed by atoms with Crippen LogP contribution in [0.4, 0.5) is 10.1 Å². The number of hydrogen-bond donors (Lipinski definition) is 2. The van der Waals surface area contributed by atoms with Crippen LogP contribution in [0.25, 0.3) is 0 Å². The molecule has 0 spiro atoms. The maximum atomic E-state index is 14.3. The number of carbonyl (C=O) groups is 2. The van der Waals surface area contributed by atoms with Gasteiger partial charge in [-0.1, -0.05) is 12.1 Å². The lowest BCUT2D eigenvalue weighted by molar-refractivity contribution is 0.102. The van der Waals surface area contributed by atoms with Crippen LogP contribution < -0.4 is 5.32 Å². The quantitative estimate of drug-likeness (QED) is 0.686. The van der Waals surface area contributed by atoms with Gasteiger partial charge in [-0.15, -0.1) is 0 Å². The maximum absolute atomic E-state index is 14.3. The lowest BCUT2D eigenvalue weighted by Crippen LogP contribution is -2.12. The fourth-order valence-electron chi connectivity index (χ4n) is 2.95. The zero-order chi connectivity index (χ0) is 18.1. The molecule has 0 aliphatic heterocycles. The second-order valence-corrected chi connectivity index (χ2v) is 6.31. The molecule has 2 heterocycles. The Kier molecular flexibility index (Phi) is 4.08. The Hall–Kier alpha value is -3.28. The van der Waals surface area contributed by atoms with Crippen molar-refractivity contribution in [3.63, 3.8) is 0 Å². The number of rotatable bonds is 5. The van der Waals surface area contributed by atoms with Gasteiger partial charge in [0.05, 0.1) is 17.4 Å². The van der Waals surface area contributed by atoms with Gasteiger partial charge in [0.2, 0.25) is 0 Å². The standard InChI is InChI=1S/C20H16FN3O2/c21-16-5-1-4-15(12-6-7-12)18(16)19(25)13-9-17(23-10-13)20(26)24-14-3-2-8-22-11-14/h1-5,8-12,23H,6-7H2,(H,24,26). The molecule has 0 radical (unpaired) electrons. The van der Waals surface area contributed by atoms with E-state index >= 15 is 0 Å². The predicted octanol–water partition coefficient (Wildman–Crippen LogP) is 3.91. The van der Waals surface area contributed by atoms with Crippen molar-refractivity contribution in [2.75, 3.05) is 5.32 Å². The Balaban J connectivity index is 1.59. The molecule has 0 saturated heterocycles. The van der Waals surface area contributed by atoms with Crippen LogP contribution in [0.2, 0.25) is 0 Å². The number of H-pyrrole nitrogens is 1. The third-order valence-corrected chi connectivity index (χ3v) is 4.40. The van der Waals surface area contributed by atoms with Gasteiger partial charge in [0.25, 0.3) is 5.91 Å². The second kappa shape index (κ2) is 6.55. The number of carbonyl (C=O) groups excluding carboxylic acids is 2. The molecule has 1 fully saturated rings. The van der Waals surface area contributed by atoms with Crippen LogP contribution in [0.5, 0.6) is 0 Å². The number of pyridine rings is 1. The summed E-state index contributed by atoms with van der Waals surface area (Å²) in [5.74, 6) is -1.09. The van der Waals surface area contributed by atoms with Gasteiger partial charge in [-0.3, -0.25) is 14.6 Å². The number of aromatic nitrogens is 2. The van der Waals surface area contributed by atoms with E-state index < -0.39 is 17.5 Å². The van der Waals surface area contributed by atoms with Crippen LogP contribution in [-0.2, 0) is 0 Å². The molecule has 4 rings (SSSR count). The monoisotopic (exact) mass is 349 g/mol. The van der Waals surface area contributed by atoms with Crippen molar-refractivity contribution < 1.29 is 14.0 Å². The van der Waals surface area contributed by atoms with Crippen molar-refractivity contribution in [3.05, 3.63) is 83.2 Å². The Morgan fingerprint density at radius 3 is 2.77 bits per heavy atom. The van der Waals surface area contributed by atoms with Crippen molar-refractivity contribution in [3.8, 4) is 0 Å². The molecule has 0 unspecified atom stereocenters. The van der Waals surface area contributed by atoms with Gasteiger partial charge in [0.1, 0.15) is 11.5 Å². The fraction of sp³-hybridized carbons (Fsp3) is 0.150. The minimum atomic E-state index is -0.526. The van der Waals surface area contributed by atoms with Crippen LogP contribution in [0.1, 0.15) is 50.7 Å². The summed E-state index contributed by atoms with van der Waals surface area (Å²) < 4.78 is 14.3. The highest BCUT2D eigenvalue weighted by Gasteiger charge is 2.30. The summed E-state index contributed by atoms with van der Waals surface area (Å²) in [6.45, 7) is 0. The highest BCUT2D eigenvalue weighted by atomic mass is 19.1. The number of ketones is 1. The van der Waals surface area contributed by atoms with E-state index in [2.05, 4.69) is 15.3 Å². The van der Waals surface area contributed by atoms with E-state index in [4.69, 9.17) is 0 Å². The van der Waals surface area contributed by atoms with E-state index in [1.54, 1.807) is 30.5 Å². The molecule has 1 aliphatic rings. The molecular weight excluding hydrogens is 333 g/mol. The van der Waals surface area contributed by atoms with E-state index in [9.17, 15) is 14.0 Å². The fourth-order valence-corrected chi connectivity index (χ4v) is 2.95. The first-order chi connectivity index (χ1) is 12.6. The predicted molar refractivity (Wildman–Crippen MR) is 94.8 cm³/mol. The van der Waals surface area contributed by atoms with Crippen LogP contribution in [0.3, 0.4) is 0 Å². The first-order valence-corrected chi connectivity index (χ1v) is 8.36. The van der Waals surface area contributed by atoms with Crippen molar-refractivity contribution in [1.82, 2.24) is 9.97 Å². The molecule has 1 aliphatic carbocycles. The van der Waals surface area contributed by atoms with Crippen LogP contribution in [-0.4, -0.2) is 21.7 Å². The highest BCUT2D eigenvalue weighted by Crippen LogP contribution is 2.42. The number of nitrogens with one attached hydrogen (secondary N) is 2. The molecular formula is C20H16FN3O2.